The van der Waals surface area contributed by atoms with Gasteiger partial charge in [0.15, 0.2) is 0 Å². The number of benzene rings is 2. The minimum Gasteiger partial charge on any atom is -0.493 e. The summed E-state index contributed by atoms with van der Waals surface area (Å²) < 4.78 is 37.6. The van der Waals surface area contributed by atoms with Gasteiger partial charge in [-0.25, -0.2) is 8.42 Å². The van der Waals surface area contributed by atoms with Gasteiger partial charge in [0.2, 0.25) is 15.9 Å². The Hall–Kier alpha value is -2.95. The van der Waals surface area contributed by atoms with E-state index in [4.69, 9.17) is 9.47 Å². The lowest BCUT2D eigenvalue weighted by Crippen LogP contribution is -2.42. The van der Waals surface area contributed by atoms with Crippen LogP contribution in [-0.2, 0) is 19.6 Å². The van der Waals surface area contributed by atoms with E-state index in [2.05, 4.69) is 10.9 Å². The standard InChI is InChI=1S/C21H25N3O6S/c1-16-5-2-3-8-19(16)30-12-9-20(25)22-23-21(26)17-6-4-7-18(15-17)31(27,28)24-10-13-29-14-11-24/h2-8,15H,9-14H2,1H3,(H,22,25)(H,23,26). The maximum Gasteiger partial charge on any atom is 0.269 e. The number of sulfonamides is 1. The smallest absolute Gasteiger partial charge is 0.269 e. The van der Waals surface area contributed by atoms with Gasteiger partial charge in [0.25, 0.3) is 5.91 Å². The summed E-state index contributed by atoms with van der Waals surface area (Å²) in [5.41, 5.74) is 5.68. The van der Waals surface area contributed by atoms with Gasteiger partial charge in [-0.05, 0) is 36.8 Å². The van der Waals surface area contributed by atoms with Crippen LogP contribution in [0.3, 0.4) is 0 Å². The highest BCUT2D eigenvalue weighted by atomic mass is 32.2. The van der Waals surface area contributed by atoms with Gasteiger partial charge in [-0.15, -0.1) is 0 Å². The maximum absolute atomic E-state index is 12.7. The fraction of sp³-hybridized carbons (Fsp3) is 0.333. The highest BCUT2D eigenvalue weighted by molar-refractivity contribution is 7.89. The Bertz CT molecular complexity index is 1030. The average molecular weight is 448 g/mol. The molecule has 0 aliphatic carbocycles. The summed E-state index contributed by atoms with van der Waals surface area (Å²) in [6.45, 7) is 3.25. The van der Waals surface area contributed by atoms with E-state index in [1.54, 1.807) is 0 Å². The number of rotatable bonds is 7. The Kier molecular flexibility index (Phi) is 7.61. The first kappa shape index (κ1) is 22.7. The van der Waals surface area contributed by atoms with Crippen molar-refractivity contribution in [2.45, 2.75) is 18.2 Å². The number of amides is 2. The molecule has 0 aromatic heterocycles. The Balaban J connectivity index is 1.52. The molecule has 10 heteroatoms. The molecule has 9 nitrogen and oxygen atoms in total. The quantitative estimate of drug-likeness (QED) is 0.618. The van der Waals surface area contributed by atoms with E-state index in [0.29, 0.717) is 19.0 Å². The van der Waals surface area contributed by atoms with Crippen LogP contribution < -0.4 is 15.6 Å². The van der Waals surface area contributed by atoms with Crippen molar-refractivity contribution in [3.05, 3.63) is 59.7 Å². The fourth-order valence-corrected chi connectivity index (χ4v) is 4.42. The van der Waals surface area contributed by atoms with Crippen LogP contribution in [0, 0.1) is 6.92 Å². The molecule has 0 atom stereocenters. The van der Waals surface area contributed by atoms with Gasteiger partial charge in [0.1, 0.15) is 5.75 Å². The van der Waals surface area contributed by atoms with E-state index >= 15 is 0 Å². The van der Waals surface area contributed by atoms with E-state index in [-0.39, 0.29) is 36.6 Å². The van der Waals surface area contributed by atoms with Crippen molar-refractivity contribution in [2.24, 2.45) is 0 Å². The van der Waals surface area contributed by atoms with Gasteiger partial charge in [-0.3, -0.25) is 20.4 Å². The Morgan fingerprint density at radius 2 is 1.81 bits per heavy atom. The zero-order valence-corrected chi connectivity index (χ0v) is 18.0. The molecule has 0 unspecified atom stereocenters. The zero-order chi connectivity index (χ0) is 22.3. The maximum atomic E-state index is 12.7. The zero-order valence-electron chi connectivity index (χ0n) is 17.2. The molecule has 1 aliphatic heterocycles. The van der Waals surface area contributed by atoms with Crippen LogP contribution in [0.25, 0.3) is 0 Å². The van der Waals surface area contributed by atoms with Crippen molar-refractivity contribution >= 4 is 21.8 Å². The summed E-state index contributed by atoms with van der Waals surface area (Å²) in [6, 6.07) is 13.1. The average Bonchev–Trinajstić information content (AvgIpc) is 2.79. The molecule has 3 rings (SSSR count). The third-order valence-electron chi connectivity index (χ3n) is 4.70. The SMILES string of the molecule is Cc1ccccc1OCCC(=O)NNC(=O)c1cccc(S(=O)(=O)N2CCOCC2)c1. The number of carbonyl (C=O) groups excluding carboxylic acids is 2. The van der Waals surface area contributed by atoms with Gasteiger partial charge in [0, 0.05) is 18.7 Å². The molecule has 2 aromatic rings. The monoisotopic (exact) mass is 447 g/mol. The van der Waals surface area contributed by atoms with Crippen molar-refractivity contribution in [2.75, 3.05) is 32.9 Å². The molecule has 0 saturated carbocycles. The molecule has 2 amide bonds. The highest BCUT2D eigenvalue weighted by Crippen LogP contribution is 2.18. The Morgan fingerprint density at radius 1 is 1.06 bits per heavy atom. The number of nitrogens with one attached hydrogen (secondary N) is 2. The van der Waals surface area contributed by atoms with Crippen molar-refractivity contribution in [3.8, 4) is 5.75 Å². The summed E-state index contributed by atoms with van der Waals surface area (Å²) in [5.74, 6) is -0.358. The number of ether oxygens (including phenoxy) is 2. The third kappa shape index (κ3) is 6.03. The van der Waals surface area contributed by atoms with Crippen molar-refractivity contribution < 1.29 is 27.5 Å². The normalized spacial score (nSPS) is 14.6. The molecule has 1 aliphatic rings. The van der Waals surface area contributed by atoms with Crippen molar-refractivity contribution in [1.82, 2.24) is 15.2 Å². The molecular formula is C21H25N3O6S. The van der Waals surface area contributed by atoms with Gasteiger partial charge in [-0.1, -0.05) is 24.3 Å². The van der Waals surface area contributed by atoms with Crippen LogP contribution in [0.4, 0.5) is 0 Å². The van der Waals surface area contributed by atoms with Crippen molar-refractivity contribution in [3.63, 3.8) is 0 Å². The second kappa shape index (κ2) is 10.4. The first-order valence-corrected chi connectivity index (χ1v) is 11.3. The third-order valence-corrected chi connectivity index (χ3v) is 6.59. The number of hydrazine groups is 1. The van der Waals surface area contributed by atoms with Gasteiger partial charge in [-0.2, -0.15) is 4.31 Å². The lowest BCUT2D eigenvalue weighted by atomic mass is 10.2. The molecule has 1 heterocycles. The van der Waals surface area contributed by atoms with Crippen LogP contribution in [0.5, 0.6) is 5.75 Å². The van der Waals surface area contributed by atoms with Crippen LogP contribution in [-0.4, -0.2) is 57.4 Å². The van der Waals surface area contributed by atoms with E-state index in [9.17, 15) is 18.0 Å². The first-order chi connectivity index (χ1) is 14.9. The molecule has 0 radical (unpaired) electrons. The first-order valence-electron chi connectivity index (χ1n) is 9.83. The van der Waals surface area contributed by atoms with E-state index in [1.807, 2.05) is 31.2 Å². The predicted molar refractivity (Wildman–Crippen MR) is 113 cm³/mol. The number of hydrogen-bond donors (Lipinski definition) is 2. The van der Waals surface area contributed by atoms with Crippen LogP contribution in [0.2, 0.25) is 0 Å². The van der Waals surface area contributed by atoms with Gasteiger partial charge in [0.05, 0.1) is 31.1 Å². The number of morpholine rings is 1. The van der Waals surface area contributed by atoms with Gasteiger partial charge >= 0.3 is 0 Å². The molecule has 1 saturated heterocycles. The largest absolute Gasteiger partial charge is 0.493 e. The van der Waals surface area contributed by atoms with Crippen molar-refractivity contribution in [1.29, 1.82) is 0 Å². The minimum absolute atomic E-state index is 0.0139. The van der Waals surface area contributed by atoms with Gasteiger partial charge < -0.3 is 9.47 Å². The second-order valence-electron chi connectivity index (χ2n) is 6.91. The number of aryl methyl sites for hydroxylation is 1. The lowest BCUT2D eigenvalue weighted by molar-refractivity contribution is -0.122. The van der Waals surface area contributed by atoms with E-state index < -0.39 is 21.8 Å². The molecule has 31 heavy (non-hydrogen) atoms. The summed E-state index contributed by atoms with van der Waals surface area (Å²) in [5, 5.41) is 0. The second-order valence-corrected chi connectivity index (χ2v) is 8.85. The Labute approximate surface area is 181 Å². The molecular weight excluding hydrogens is 422 g/mol. The number of carbonyl (C=O) groups is 2. The number of nitrogens with zero attached hydrogens (tertiary/aromatic N) is 1. The summed E-state index contributed by atoms with van der Waals surface area (Å²) in [4.78, 5) is 24.3. The summed E-state index contributed by atoms with van der Waals surface area (Å²) >= 11 is 0. The Morgan fingerprint density at radius 3 is 2.55 bits per heavy atom. The van der Waals surface area contributed by atoms with E-state index in [1.165, 1.54) is 28.6 Å². The molecule has 2 aromatic carbocycles. The molecule has 2 N–H and O–H groups in total. The topological polar surface area (TPSA) is 114 Å². The summed E-state index contributed by atoms with van der Waals surface area (Å²) in [7, 11) is -3.72. The van der Waals surface area contributed by atoms with Crippen LogP contribution in [0.1, 0.15) is 22.3 Å². The highest BCUT2D eigenvalue weighted by Gasteiger charge is 2.26. The van der Waals surface area contributed by atoms with Crippen LogP contribution >= 0.6 is 0 Å². The lowest BCUT2D eigenvalue weighted by Gasteiger charge is -2.26. The molecule has 0 spiro atoms. The van der Waals surface area contributed by atoms with E-state index in [0.717, 1.165) is 5.56 Å². The summed E-state index contributed by atoms with van der Waals surface area (Å²) in [6.07, 6.45) is 0.0417. The number of hydrogen-bond acceptors (Lipinski definition) is 6. The fourth-order valence-electron chi connectivity index (χ4n) is 2.97. The molecule has 166 valence electrons. The van der Waals surface area contributed by atoms with Crippen LogP contribution in [0.15, 0.2) is 53.4 Å². The molecule has 1 fully saturated rings. The number of para-hydroxylation sites is 1. The molecule has 0 bridgehead atoms. The predicted octanol–water partition coefficient (Wildman–Crippen LogP) is 1.25. The minimum atomic E-state index is -3.72.